The third kappa shape index (κ3) is 3.67. The van der Waals surface area contributed by atoms with Gasteiger partial charge in [-0.1, -0.05) is 19.8 Å². The Balaban J connectivity index is 2.03. The number of phenolic OH excluding ortho intramolecular Hbond substituents is 1. The number of benzene rings is 1. The zero-order chi connectivity index (χ0) is 13.9. The number of halogens is 1. The van der Waals surface area contributed by atoms with Crippen LogP contribution in [0.3, 0.4) is 0 Å². The minimum absolute atomic E-state index is 0.0631. The zero-order valence-corrected chi connectivity index (χ0v) is 11.3. The number of hydrogen-bond donors (Lipinski definition) is 3. The minimum atomic E-state index is -0.438. The van der Waals surface area contributed by atoms with Crippen LogP contribution in [0.15, 0.2) is 18.2 Å². The maximum atomic E-state index is 13.2. The number of nitrogens with one attached hydrogen (secondary N) is 1. The number of aliphatic hydroxyl groups is 1. The molecule has 0 aromatic heterocycles. The molecule has 4 heteroatoms. The second-order valence-corrected chi connectivity index (χ2v) is 5.81. The molecule has 1 aliphatic rings. The van der Waals surface area contributed by atoms with Crippen LogP contribution in [0.4, 0.5) is 4.39 Å². The van der Waals surface area contributed by atoms with E-state index in [9.17, 15) is 14.6 Å². The first-order valence-corrected chi connectivity index (χ1v) is 6.87. The predicted molar refractivity (Wildman–Crippen MR) is 72.4 cm³/mol. The number of aliphatic hydroxyl groups excluding tert-OH is 1. The molecule has 0 bridgehead atoms. The molecule has 106 valence electrons. The first kappa shape index (κ1) is 14.3. The molecule has 1 saturated carbocycles. The highest BCUT2D eigenvalue weighted by Crippen LogP contribution is 2.32. The Morgan fingerprint density at radius 2 is 2.21 bits per heavy atom. The van der Waals surface area contributed by atoms with Crippen LogP contribution in [0, 0.1) is 11.7 Å². The van der Waals surface area contributed by atoms with E-state index in [1.54, 1.807) is 6.07 Å². The number of aromatic hydroxyl groups is 1. The van der Waals surface area contributed by atoms with Gasteiger partial charge in [-0.05, 0) is 36.5 Å². The predicted octanol–water partition coefficient (Wildman–Crippen LogP) is 2.56. The normalized spacial score (nSPS) is 27.4. The molecule has 2 rings (SSSR count). The van der Waals surface area contributed by atoms with E-state index in [0.717, 1.165) is 25.3 Å². The van der Waals surface area contributed by atoms with Gasteiger partial charge in [-0.25, -0.2) is 4.39 Å². The van der Waals surface area contributed by atoms with E-state index in [4.69, 9.17) is 0 Å². The lowest BCUT2D eigenvalue weighted by molar-refractivity contribution is 0.0982. The molecule has 1 fully saturated rings. The van der Waals surface area contributed by atoms with E-state index >= 15 is 0 Å². The second-order valence-electron chi connectivity index (χ2n) is 5.81. The third-order valence-corrected chi connectivity index (χ3v) is 4.00. The van der Waals surface area contributed by atoms with Crippen LogP contribution in [-0.2, 0) is 6.54 Å². The summed E-state index contributed by atoms with van der Waals surface area (Å²) in [5.41, 5.74) is 0.433. The molecular weight excluding hydrogens is 245 g/mol. The lowest BCUT2D eigenvalue weighted by Crippen LogP contribution is -2.51. The fraction of sp³-hybridized carbons (Fsp3) is 0.600. The van der Waals surface area contributed by atoms with E-state index in [2.05, 4.69) is 12.2 Å². The topological polar surface area (TPSA) is 52.5 Å². The van der Waals surface area contributed by atoms with E-state index in [1.807, 2.05) is 0 Å². The quantitative estimate of drug-likeness (QED) is 0.786. The molecule has 1 aromatic carbocycles. The molecule has 0 spiro atoms. The highest BCUT2D eigenvalue weighted by atomic mass is 19.1. The van der Waals surface area contributed by atoms with Gasteiger partial charge in [0.25, 0.3) is 0 Å². The Hall–Kier alpha value is -1.13. The van der Waals surface area contributed by atoms with Gasteiger partial charge in [0.1, 0.15) is 11.6 Å². The summed E-state index contributed by atoms with van der Waals surface area (Å²) < 4.78 is 13.2. The first-order valence-electron chi connectivity index (χ1n) is 6.87. The van der Waals surface area contributed by atoms with Crippen LogP contribution in [0.25, 0.3) is 0 Å². The molecule has 2 unspecified atom stereocenters. The number of hydrogen-bond acceptors (Lipinski definition) is 3. The highest BCUT2D eigenvalue weighted by Gasteiger charge is 2.33. The van der Waals surface area contributed by atoms with Gasteiger partial charge in [0.2, 0.25) is 0 Å². The third-order valence-electron chi connectivity index (χ3n) is 4.00. The van der Waals surface area contributed by atoms with Crippen molar-refractivity contribution in [2.75, 3.05) is 6.61 Å². The molecule has 0 saturated heterocycles. The summed E-state index contributed by atoms with van der Waals surface area (Å²) in [6.45, 7) is 2.75. The fourth-order valence-electron chi connectivity index (χ4n) is 3.05. The first-order chi connectivity index (χ1) is 9.03. The SMILES string of the molecule is CC1CCCC(CO)(NCc2cc(O)cc(F)c2)C1. The summed E-state index contributed by atoms with van der Waals surface area (Å²) in [5.74, 6) is 0.0908. The van der Waals surface area contributed by atoms with Crippen molar-refractivity contribution in [3.8, 4) is 5.75 Å². The van der Waals surface area contributed by atoms with E-state index in [1.165, 1.54) is 12.5 Å². The Bertz CT molecular complexity index is 418. The van der Waals surface area contributed by atoms with Gasteiger partial charge in [0.05, 0.1) is 6.61 Å². The van der Waals surface area contributed by atoms with Crippen molar-refractivity contribution >= 4 is 0 Å². The molecule has 1 aromatic rings. The lowest BCUT2D eigenvalue weighted by Gasteiger charge is -2.39. The van der Waals surface area contributed by atoms with Gasteiger partial charge in [-0.2, -0.15) is 0 Å². The zero-order valence-electron chi connectivity index (χ0n) is 11.3. The van der Waals surface area contributed by atoms with Crippen molar-refractivity contribution in [2.24, 2.45) is 5.92 Å². The fourth-order valence-corrected chi connectivity index (χ4v) is 3.05. The van der Waals surface area contributed by atoms with Crippen LogP contribution >= 0.6 is 0 Å². The molecule has 2 atom stereocenters. The van der Waals surface area contributed by atoms with Crippen LogP contribution in [0.2, 0.25) is 0 Å². The van der Waals surface area contributed by atoms with Crippen molar-refractivity contribution in [1.29, 1.82) is 0 Å². The average Bonchev–Trinajstić information content (AvgIpc) is 2.35. The highest BCUT2D eigenvalue weighted by molar-refractivity contribution is 5.28. The summed E-state index contributed by atoms with van der Waals surface area (Å²) in [6.07, 6.45) is 4.17. The maximum absolute atomic E-state index is 13.2. The average molecular weight is 267 g/mol. The van der Waals surface area contributed by atoms with E-state index in [0.29, 0.717) is 18.0 Å². The molecule has 0 aliphatic heterocycles. The van der Waals surface area contributed by atoms with Crippen LogP contribution < -0.4 is 5.32 Å². The summed E-state index contributed by atoms with van der Waals surface area (Å²) in [6, 6.07) is 4.05. The molecule has 19 heavy (non-hydrogen) atoms. The van der Waals surface area contributed by atoms with Crippen LogP contribution in [0.1, 0.15) is 38.2 Å². The van der Waals surface area contributed by atoms with Crippen molar-refractivity contribution < 1.29 is 14.6 Å². The summed E-state index contributed by atoms with van der Waals surface area (Å²) in [5, 5.41) is 22.4. The minimum Gasteiger partial charge on any atom is -0.508 e. The molecule has 3 N–H and O–H groups in total. The van der Waals surface area contributed by atoms with Crippen molar-refractivity contribution in [1.82, 2.24) is 5.32 Å². The molecule has 3 nitrogen and oxygen atoms in total. The van der Waals surface area contributed by atoms with Gasteiger partial charge >= 0.3 is 0 Å². The maximum Gasteiger partial charge on any atom is 0.127 e. The molecular formula is C15H22FNO2. The van der Waals surface area contributed by atoms with Crippen LogP contribution in [0.5, 0.6) is 5.75 Å². The van der Waals surface area contributed by atoms with Gasteiger partial charge in [0, 0.05) is 18.2 Å². The lowest BCUT2D eigenvalue weighted by atomic mass is 9.77. The standard InChI is InChI=1S/C15H22FNO2/c1-11-3-2-4-15(8-11,10-18)17-9-12-5-13(16)7-14(19)6-12/h5-7,11,17-19H,2-4,8-10H2,1H3. The van der Waals surface area contributed by atoms with Gasteiger partial charge < -0.3 is 15.5 Å². The second kappa shape index (κ2) is 5.88. The van der Waals surface area contributed by atoms with Gasteiger partial charge in [-0.3, -0.25) is 0 Å². The monoisotopic (exact) mass is 267 g/mol. The van der Waals surface area contributed by atoms with Gasteiger partial charge in [-0.15, -0.1) is 0 Å². The summed E-state index contributed by atoms with van der Waals surface area (Å²) in [7, 11) is 0. The van der Waals surface area contributed by atoms with E-state index < -0.39 is 5.82 Å². The number of rotatable bonds is 4. The largest absolute Gasteiger partial charge is 0.508 e. The smallest absolute Gasteiger partial charge is 0.127 e. The van der Waals surface area contributed by atoms with Gasteiger partial charge in [0.15, 0.2) is 0 Å². The molecule has 0 amide bonds. The molecule has 0 heterocycles. The van der Waals surface area contributed by atoms with E-state index in [-0.39, 0.29) is 17.9 Å². The molecule has 0 radical (unpaired) electrons. The Labute approximate surface area is 113 Å². The summed E-state index contributed by atoms with van der Waals surface area (Å²) in [4.78, 5) is 0. The molecule has 1 aliphatic carbocycles. The Kier molecular flexibility index (Phi) is 4.42. The van der Waals surface area contributed by atoms with Crippen molar-refractivity contribution in [3.05, 3.63) is 29.6 Å². The van der Waals surface area contributed by atoms with Crippen molar-refractivity contribution in [3.63, 3.8) is 0 Å². The Morgan fingerprint density at radius 1 is 1.42 bits per heavy atom. The Morgan fingerprint density at radius 3 is 2.84 bits per heavy atom. The number of phenols is 1. The van der Waals surface area contributed by atoms with Crippen LogP contribution in [-0.4, -0.2) is 22.4 Å². The summed E-state index contributed by atoms with van der Waals surface area (Å²) >= 11 is 0. The van der Waals surface area contributed by atoms with Crippen molar-refractivity contribution in [2.45, 2.75) is 44.7 Å².